The van der Waals surface area contributed by atoms with Crippen molar-refractivity contribution in [2.75, 3.05) is 12.4 Å². The number of nitrogens with one attached hydrogen (secondary N) is 2. The Morgan fingerprint density at radius 3 is 2.36 bits per heavy atom. The number of aromatic nitrogens is 1. The molecular formula is C18H11F4N3O2S. The molecule has 1 heterocycles. The summed E-state index contributed by atoms with van der Waals surface area (Å²) in [5, 5.41) is 5.00. The van der Waals surface area contributed by atoms with Crippen LogP contribution in [0.15, 0.2) is 36.5 Å². The first-order valence-corrected chi connectivity index (χ1v) is 8.12. The summed E-state index contributed by atoms with van der Waals surface area (Å²) in [7, 11) is 0.832. The number of hydrogen-bond acceptors (Lipinski definition) is 4. The number of benzene rings is 2. The predicted octanol–water partition coefficient (Wildman–Crippen LogP) is 3.93. The number of amides is 1. The molecule has 0 saturated heterocycles. The number of rotatable bonds is 3. The molecule has 0 spiro atoms. The highest BCUT2D eigenvalue weighted by Gasteiger charge is 2.30. The second-order valence-electron chi connectivity index (χ2n) is 5.45. The summed E-state index contributed by atoms with van der Waals surface area (Å²) < 4.78 is 59.9. The van der Waals surface area contributed by atoms with Gasteiger partial charge >= 0.3 is 0 Å². The monoisotopic (exact) mass is 409 g/mol. The summed E-state index contributed by atoms with van der Waals surface area (Å²) in [5.74, 6) is -10.2. The number of ether oxygens (including phenoxy) is 1. The van der Waals surface area contributed by atoms with Crippen LogP contribution in [0.25, 0.3) is 10.9 Å². The van der Waals surface area contributed by atoms with Gasteiger partial charge in [0.1, 0.15) is 5.56 Å². The topological polar surface area (TPSA) is 63.2 Å². The van der Waals surface area contributed by atoms with Gasteiger partial charge in [-0.15, -0.1) is 0 Å². The molecule has 0 aliphatic heterocycles. The van der Waals surface area contributed by atoms with Crippen LogP contribution < -0.4 is 15.4 Å². The van der Waals surface area contributed by atoms with Crippen molar-refractivity contribution in [2.45, 2.75) is 0 Å². The lowest BCUT2D eigenvalue weighted by Gasteiger charge is -2.13. The third kappa shape index (κ3) is 3.46. The van der Waals surface area contributed by atoms with Gasteiger partial charge in [0.05, 0.1) is 12.6 Å². The molecule has 10 heteroatoms. The molecule has 2 aromatic carbocycles. The molecular weight excluding hydrogens is 398 g/mol. The summed E-state index contributed by atoms with van der Waals surface area (Å²) in [5.41, 5.74) is -0.360. The fraction of sp³-hybridized carbons (Fsp3) is 0.0556. The Morgan fingerprint density at radius 2 is 1.71 bits per heavy atom. The summed E-state index contributed by atoms with van der Waals surface area (Å²) in [4.78, 5) is 16.3. The van der Waals surface area contributed by atoms with Gasteiger partial charge < -0.3 is 10.1 Å². The molecule has 144 valence electrons. The van der Waals surface area contributed by atoms with Crippen molar-refractivity contribution in [1.29, 1.82) is 0 Å². The molecule has 0 fully saturated rings. The van der Waals surface area contributed by atoms with Crippen LogP contribution in [0.1, 0.15) is 10.4 Å². The zero-order valence-corrected chi connectivity index (χ0v) is 15.0. The lowest BCUT2D eigenvalue weighted by Crippen LogP contribution is -2.35. The van der Waals surface area contributed by atoms with Crippen molar-refractivity contribution in [3.05, 3.63) is 65.4 Å². The summed E-state index contributed by atoms with van der Waals surface area (Å²) >= 11 is 4.96. The number of methoxy groups -OCH3 is 1. The molecule has 0 radical (unpaired) electrons. The molecule has 5 nitrogen and oxygen atoms in total. The minimum atomic E-state index is -1.90. The molecule has 0 aliphatic carbocycles. The van der Waals surface area contributed by atoms with E-state index in [4.69, 9.17) is 12.2 Å². The molecule has 2 N–H and O–H groups in total. The fourth-order valence-electron chi connectivity index (χ4n) is 2.52. The van der Waals surface area contributed by atoms with Gasteiger partial charge in [-0.1, -0.05) is 6.07 Å². The Balaban J connectivity index is 1.86. The average molecular weight is 409 g/mol. The zero-order chi connectivity index (χ0) is 20.4. The van der Waals surface area contributed by atoms with Crippen LogP contribution in [0, 0.1) is 23.3 Å². The standard InChI is InChI=1S/C18H11F4N3O2S/c1-27-16-14(21)12(19)11(13(20)15(16)22)17(26)25-18(28)24-10-6-2-5-9-8(10)4-3-7-23-9/h2-7H,1H3,(H2,24,25,26,28). The van der Waals surface area contributed by atoms with Crippen LogP contribution in [-0.4, -0.2) is 23.1 Å². The predicted molar refractivity (Wildman–Crippen MR) is 98.3 cm³/mol. The van der Waals surface area contributed by atoms with Crippen LogP contribution in [0.2, 0.25) is 0 Å². The van der Waals surface area contributed by atoms with Crippen molar-refractivity contribution < 1.29 is 27.1 Å². The van der Waals surface area contributed by atoms with Gasteiger partial charge in [0, 0.05) is 17.3 Å². The van der Waals surface area contributed by atoms with Gasteiger partial charge in [-0.05, 0) is 36.5 Å². The number of nitrogens with zero attached hydrogens (tertiary/aromatic N) is 1. The highest BCUT2D eigenvalue weighted by atomic mass is 32.1. The fourth-order valence-corrected chi connectivity index (χ4v) is 2.72. The van der Waals surface area contributed by atoms with Crippen molar-refractivity contribution in [2.24, 2.45) is 0 Å². The van der Waals surface area contributed by atoms with Gasteiger partial charge in [0.2, 0.25) is 11.6 Å². The smallest absolute Gasteiger partial charge is 0.263 e. The van der Waals surface area contributed by atoms with Crippen LogP contribution in [-0.2, 0) is 0 Å². The van der Waals surface area contributed by atoms with E-state index in [-0.39, 0.29) is 5.11 Å². The Kier molecular flexibility index (Phi) is 5.41. The zero-order valence-electron chi connectivity index (χ0n) is 14.1. The van der Waals surface area contributed by atoms with Gasteiger partial charge in [-0.2, -0.15) is 8.78 Å². The van der Waals surface area contributed by atoms with Crippen LogP contribution in [0.4, 0.5) is 23.2 Å². The number of fused-ring (bicyclic) bond motifs is 1. The largest absolute Gasteiger partial charge is 0.491 e. The second kappa shape index (κ2) is 7.77. The average Bonchev–Trinajstić information content (AvgIpc) is 2.67. The highest BCUT2D eigenvalue weighted by molar-refractivity contribution is 7.80. The first-order valence-electron chi connectivity index (χ1n) is 7.71. The van der Waals surface area contributed by atoms with Crippen molar-refractivity contribution >= 4 is 39.8 Å². The Labute approximate surface area is 161 Å². The van der Waals surface area contributed by atoms with E-state index in [2.05, 4.69) is 15.0 Å². The molecule has 28 heavy (non-hydrogen) atoms. The summed E-state index contributed by atoms with van der Waals surface area (Å²) in [6, 6.07) is 8.48. The molecule has 3 aromatic rings. The quantitative estimate of drug-likeness (QED) is 0.390. The first-order chi connectivity index (χ1) is 13.3. The maximum absolute atomic E-state index is 14.0. The third-order valence-corrected chi connectivity index (χ3v) is 3.98. The highest BCUT2D eigenvalue weighted by Crippen LogP contribution is 2.29. The first kappa shape index (κ1) is 19.5. The van der Waals surface area contributed by atoms with Crippen molar-refractivity contribution in [3.8, 4) is 5.75 Å². The minimum Gasteiger partial charge on any atom is -0.491 e. The van der Waals surface area contributed by atoms with E-state index in [1.807, 2.05) is 5.32 Å². The molecule has 1 aromatic heterocycles. The molecule has 0 bridgehead atoms. The van der Waals surface area contributed by atoms with Crippen molar-refractivity contribution in [1.82, 2.24) is 10.3 Å². The molecule has 0 aliphatic rings. The van der Waals surface area contributed by atoms with Gasteiger partial charge in [-0.3, -0.25) is 15.1 Å². The lowest BCUT2D eigenvalue weighted by atomic mass is 10.1. The minimum absolute atomic E-state index is 0.336. The van der Waals surface area contributed by atoms with Crippen LogP contribution in [0.5, 0.6) is 5.75 Å². The molecule has 0 saturated carbocycles. The van der Waals surface area contributed by atoms with E-state index in [1.165, 1.54) is 0 Å². The number of anilines is 1. The molecule has 3 rings (SSSR count). The molecule has 0 atom stereocenters. The Hall–Kier alpha value is -3.27. The van der Waals surface area contributed by atoms with Gasteiger partial charge in [0.15, 0.2) is 22.5 Å². The number of pyridine rings is 1. The third-order valence-electron chi connectivity index (χ3n) is 3.78. The summed E-state index contributed by atoms with van der Waals surface area (Å²) in [6.45, 7) is 0. The normalized spacial score (nSPS) is 10.6. The lowest BCUT2D eigenvalue weighted by molar-refractivity contribution is 0.0966. The van der Waals surface area contributed by atoms with Crippen LogP contribution in [0.3, 0.4) is 0 Å². The maximum Gasteiger partial charge on any atom is 0.263 e. The Bertz CT molecular complexity index is 1070. The van der Waals surface area contributed by atoms with E-state index in [9.17, 15) is 22.4 Å². The van der Waals surface area contributed by atoms with Crippen LogP contribution >= 0.6 is 12.2 Å². The summed E-state index contributed by atoms with van der Waals surface area (Å²) in [6.07, 6.45) is 1.59. The van der Waals surface area contributed by atoms with E-state index in [0.29, 0.717) is 16.6 Å². The number of carbonyl (C=O) groups excluding carboxylic acids is 1. The maximum atomic E-state index is 14.0. The van der Waals surface area contributed by atoms with E-state index in [0.717, 1.165) is 7.11 Å². The second-order valence-corrected chi connectivity index (χ2v) is 5.86. The van der Waals surface area contributed by atoms with E-state index in [1.54, 1.807) is 36.5 Å². The van der Waals surface area contributed by atoms with Crippen molar-refractivity contribution in [3.63, 3.8) is 0 Å². The van der Waals surface area contributed by atoms with Gasteiger partial charge in [0.25, 0.3) is 5.91 Å². The number of hydrogen-bond donors (Lipinski definition) is 2. The number of thiocarbonyl (C=S) groups is 1. The molecule has 0 unspecified atom stereocenters. The SMILES string of the molecule is COc1c(F)c(F)c(C(=O)NC(=S)Nc2cccc3ncccc23)c(F)c1F. The van der Waals surface area contributed by atoms with E-state index >= 15 is 0 Å². The van der Waals surface area contributed by atoms with Gasteiger partial charge in [-0.25, -0.2) is 8.78 Å². The molecule has 1 amide bonds. The Morgan fingerprint density at radius 1 is 1.04 bits per heavy atom. The number of carbonyl (C=O) groups is 1. The van der Waals surface area contributed by atoms with E-state index < -0.39 is 40.5 Å². The number of halogens is 4.